The van der Waals surface area contributed by atoms with Crippen LogP contribution in [0.1, 0.15) is 42.2 Å². The van der Waals surface area contributed by atoms with Crippen LogP contribution < -0.4 is 10.2 Å². The summed E-state index contributed by atoms with van der Waals surface area (Å²) in [5.74, 6) is -1.20. The number of hydrogen-bond acceptors (Lipinski definition) is 6. The Hall–Kier alpha value is -3.62. The number of fused-ring (bicyclic) bond motifs is 1. The Kier molecular flexibility index (Phi) is 4.96. The van der Waals surface area contributed by atoms with Gasteiger partial charge in [-0.15, -0.1) is 22.7 Å². The highest BCUT2D eigenvalue weighted by Crippen LogP contribution is 2.32. The van der Waals surface area contributed by atoms with E-state index in [1.807, 2.05) is 48.9 Å². The van der Waals surface area contributed by atoms with E-state index < -0.39 is 5.91 Å². The molecule has 2 aromatic heterocycles. The Balaban J connectivity index is 1.40. The van der Waals surface area contributed by atoms with Gasteiger partial charge in [-0.2, -0.15) is 0 Å². The average molecular weight is 460 g/mol. The molecule has 6 nitrogen and oxygen atoms in total. The van der Waals surface area contributed by atoms with Gasteiger partial charge in [-0.3, -0.25) is 19.7 Å². The first-order valence-electron chi connectivity index (χ1n) is 9.83. The number of hydrogen-bond donors (Lipinski definition) is 1. The zero-order valence-electron chi connectivity index (χ0n) is 17.2. The van der Waals surface area contributed by atoms with Crippen LogP contribution in [-0.2, 0) is 0 Å². The molecule has 1 aliphatic rings. The molecule has 0 aliphatic carbocycles. The van der Waals surface area contributed by atoms with Crippen LogP contribution >= 0.6 is 22.7 Å². The molecule has 5 rings (SSSR count). The minimum Gasteiger partial charge on any atom is -0.298 e. The first-order chi connectivity index (χ1) is 15.4. The summed E-state index contributed by atoms with van der Waals surface area (Å²) in [4.78, 5) is 45.4. The lowest BCUT2D eigenvalue weighted by Crippen LogP contribution is -2.30. The largest absolute Gasteiger partial charge is 0.298 e. The monoisotopic (exact) mass is 459 g/mol. The molecule has 0 unspecified atom stereocenters. The molecule has 0 radical (unpaired) electrons. The maximum Gasteiger partial charge on any atom is 0.266 e. The number of rotatable bonds is 4. The first kappa shape index (κ1) is 20.3. The molecule has 0 bridgehead atoms. The molecule has 3 heterocycles. The molecule has 0 saturated heterocycles. The Morgan fingerprint density at radius 2 is 1.78 bits per heavy atom. The summed E-state index contributed by atoms with van der Waals surface area (Å²) < 4.78 is 0. The van der Waals surface area contributed by atoms with Crippen LogP contribution in [0, 0.1) is 13.8 Å². The van der Waals surface area contributed by atoms with Crippen molar-refractivity contribution in [1.29, 1.82) is 0 Å². The van der Waals surface area contributed by atoms with Crippen molar-refractivity contribution in [2.75, 3.05) is 10.2 Å². The zero-order chi connectivity index (χ0) is 22.4. The molecule has 3 amide bonds. The van der Waals surface area contributed by atoms with Gasteiger partial charge in [0.15, 0.2) is 5.13 Å². The highest BCUT2D eigenvalue weighted by molar-refractivity contribution is 7.16. The standard InChI is InChI=1S/C24H17N3O3S2/c1-13-5-8-19(14(2)10-13)27-22(29)16-7-6-15(11-17(16)23(27)30)21(28)26-24-25-18(12-32-24)20-4-3-9-31-20/h3-12H,1-2H3,(H,25,26,28). The third-order valence-corrected chi connectivity index (χ3v) is 6.89. The van der Waals surface area contributed by atoms with E-state index in [0.29, 0.717) is 21.9 Å². The summed E-state index contributed by atoms with van der Waals surface area (Å²) in [6.07, 6.45) is 0. The quantitative estimate of drug-likeness (QED) is 0.406. The molecule has 0 atom stereocenters. The van der Waals surface area contributed by atoms with E-state index in [1.54, 1.807) is 23.5 Å². The fourth-order valence-corrected chi connectivity index (χ4v) is 5.16. The molecule has 1 aliphatic heterocycles. The second kappa shape index (κ2) is 7.81. The molecule has 0 spiro atoms. The molecule has 0 fully saturated rings. The van der Waals surface area contributed by atoms with Crippen molar-refractivity contribution in [3.8, 4) is 10.6 Å². The van der Waals surface area contributed by atoms with Crippen molar-refractivity contribution in [2.24, 2.45) is 0 Å². The number of nitrogens with one attached hydrogen (secondary N) is 1. The fraction of sp³-hybridized carbons (Fsp3) is 0.0833. The van der Waals surface area contributed by atoms with Gasteiger partial charge in [-0.05, 0) is 55.1 Å². The smallest absolute Gasteiger partial charge is 0.266 e. The number of aryl methyl sites for hydroxylation is 2. The summed E-state index contributed by atoms with van der Waals surface area (Å²) in [7, 11) is 0. The molecule has 1 N–H and O–H groups in total. The summed E-state index contributed by atoms with van der Waals surface area (Å²) in [5.41, 5.74) is 4.05. The van der Waals surface area contributed by atoms with Crippen molar-refractivity contribution in [3.05, 3.63) is 87.1 Å². The van der Waals surface area contributed by atoms with Gasteiger partial charge in [-0.1, -0.05) is 23.8 Å². The predicted molar refractivity (Wildman–Crippen MR) is 127 cm³/mol. The van der Waals surface area contributed by atoms with Crippen molar-refractivity contribution in [2.45, 2.75) is 13.8 Å². The normalized spacial score (nSPS) is 12.9. The maximum atomic E-state index is 13.1. The highest BCUT2D eigenvalue weighted by atomic mass is 32.1. The minimum absolute atomic E-state index is 0.223. The lowest BCUT2D eigenvalue weighted by Gasteiger charge is -2.16. The second-order valence-corrected chi connectivity index (χ2v) is 9.27. The maximum absolute atomic E-state index is 13.1. The Bertz CT molecular complexity index is 1390. The van der Waals surface area contributed by atoms with E-state index in [1.165, 1.54) is 28.4 Å². The van der Waals surface area contributed by atoms with E-state index in [2.05, 4.69) is 10.3 Å². The van der Waals surface area contributed by atoms with Gasteiger partial charge in [0.1, 0.15) is 0 Å². The average Bonchev–Trinajstić information content (AvgIpc) is 3.50. The van der Waals surface area contributed by atoms with Gasteiger partial charge >= 0.3 is 0 Å². The van der Waals surface area contributed by atoms with Gasteiger partial charge in [-0.25, -0.2) is 9.88 Å². The van der Waals surface area contributed by atoms with Crippen LogP contribution in [0.3, 0.4) is 0 Å². The van der Waals surface area contributed by atoms with Crippen LogP contribution in [0.25, 0.3) is 10.6 Å². The lowest BCUT2D eigenvalue weighted by atomic mass is 10.1. The van der Waals surface area contributed by atoms with Gasteiger partial charge in [0.2, 0.25) is 0 Å². The summed E-state index contributed by atoms with van der Waals surface area (Å²) >= 11 is 2.91. The van der Waals surface area contributed by atoms with Crippen molar-refractivity contribution in [1.82, 2.24) is 4.98 Å². The summed E-state index contributed by atoms with van der Waals surface area (Å²) in [6.45, 7) is 3.82. The topological polar surface area (TPSA) is 79.4 Å². The van der Waals surface area contributed by atoms with Crippen LogP contribution in [0.15, 0.2) is 59.3 Å². The van der Waals surface area contributed by atoms with Crippen molar-refractivity contribution in [3.63, 3.8) is 0 Å². The van der Waals surface area contributed by atoms with Crippen LogP contribution in [-0.4, -0.2) is 22.7 Å². The van der Waals surface area contributed by atoms with E-state index in [9.17, 15) is 14.4 Å². The fourth-order valence-electron chi connectivity index (χ4n) is 3.70. The SMILES string of the molecule is Cc1ccc(N2C(=O)c3ccc(C(=O)Nc4nc(-c5cccs5)cs4)cc3C2=O)c(C)c1. The number of aromatic nitrogens is 1. The Morgan fingerprint density at radius 3 is 2.53 bits per heavy atom. The molecule has 0 saturated carbocycles. The number of benzene rings is 2. The zero-order valence-corrected chi connectivity index (χ0v) is 18.8. The number of carbonyl (C=O) groups excluding carboxylic acids is 3. The Labute approximate surface area is 192 Å². The third-order valence-electron chi connectivity index (χ3n) is 5.24. The summed E-state index contributed by atoms with van der Waals surface area (Å²) in [6, 6.07) is 14.0. The molecule has 2 aromatic carbocycles. The van der Waals surface area contributed by atoms with E-state index in [-0.39, 0.29) is 17.4 Å². The Morgan fingerprint density at radius 1 is 0.969 bits per heavy atom. The molecule has 4 aromatic rings. The number of anilines is 2. The van der Waals surface area contributed by atoms with Crippen LogP contribution in [0.5, 0.6) is 0 Å². The molecule has 32 heavy (non-hydrogen) atoms. The van der Waals surface area contributed by atoms with E-state index >= 15 is 0 Å². The number of nitrogens with zero attached hydrogens (tertiary/aromatic N) is 2. The van der Waals surface area contributed by atoms with Crippen LogP contribution in [0.2, 0.25) is 0 Å². The number of amides is 3. The highest BCUT2D eigenvalue weighted by Gasteiger charge is 2.37. The minimum atomic E-state index is -0.430. The molecule has 8 heteroatoms. The van der Waals surface area contributed by atoms with E-state index in [0.717, 1.165) is 21.7 Å². The molecular formula is C24H17N3O3S2. The molecule has 158 valence electrons. The number of imide groups is 1. The number of thiophene rings is 1. The number of carbonyl (C=O) groups is 3. The third kappa shape index (κ3) is 3.43. The van der Waals surface area contributed by atoms with Crippen molar-refractivity contribution >= 4 is 51.2 Å². The van der Waals surface area contributed by atoms with Gasteiger partial charge in [0.25, 0.3) is 17.7 Å². The van der Waals surface area contributed by atoms with Gasteiger partial charge in [0, 0.05) is 10.9 Å². The second-order valence-electron chi connectivity index (χ2n) is 7.47. The van der Waals surface area contributed by atoms with Gasteiger partial charge in [0.05, 0.1) is 27.4 Å². The lowest BCUT2D eigenvalue weighted by molar-refractivity contribution is 0.0925. The number of thiazole rings is 1. The predicted octanol–water partition coefficient (Wildman–Crippen LogP) is 5.54. The summed E-state index contributed by atoms with van der Waals surface area (Å²) in [5, 5.41) is 7.10. The van der Waals surface area contributed by atoms with E-state index in [4.69, 9.17) is 0 Å². The van der Waals surface area contributed by atoms with Crippen molar-refractivity contribution < 1.29 is 14.4 Å². The first-order valence-corrected chi connectivity index (χ1v) is 11.6. The van der Waals surface area contributed by atoms with Crippen LogP contribution in [0.4, 0.5) is 10.8 Å². The van der Waals surface area contributed by atoms with Gasteiger partial charge < -0.3 is 0 Å². The molecular weight excluding hydrogens is 442 g/mol.